The van der Waals surface area contributed by atoms with Crippen LogP contribution in [0.25, 0.3) is 10.9 Å². The zero-order valence-electron chi connectivity index (χ0n) is 10.9. The molecule has 0 bridgehead atoms. The Labute approximate surface area is 125 Å². The Balaban J connectivity index is 1.89. The number of halogens is 1. The van der Waals surface area contributed by atoms with Crippen LogP contribution in [0.4, 0.5) is 5.69 Å². The summed E-state index contributed by atoms with van der Waals surface area (Å²) in [7, 11) is 0. The molecule has 3 aromatic rings. The van der Waals surface area contributed by atoms with Gasteiger partial charge in [0, 0.05) is 21.1 Å². The van der Waals surface area contributed by atoms with Gasteiger partial charge in [0.05, 0.1) is 0 Å². The summed E-state index contributed by atoms with van der Waals surface area (Å²) in [6.07, 6.45) is 0. The third-order valence-corrected chi connectivity index (χ3v) is 3.70. The number of hydrogen-bond acceptors (Lipinski definition) is 1. The molecule has 0 aliphatic rings. The molecule has 1 aromatic heterocycles. The highest BCUT2D eigenvalue weighted by atomic mass is 79.9. The molecule has 3 rings (SSSR count). The number of amides is 1. The summed E-state index contributed by atoms with van der Waals surface area (Å²) in [5.41, 5.74) is 3.36. The largest absolute Gasteiger partial charge is 0.351 e. The molecule has 4 heteroatoms. The number of nitrogens with one attached hydrogen (secondary N) is 2. The van der Waals surface area contributed by atoms with Gasteiger partial charge in [-0.25, -0.2) is 0 Å². The molecule has 0 spiro atoms. The number of carbonyl (C=O) groups is 1. The fraction of sp³-hybridized carbons (Fsp3) is 0.0625. The molecule has 0 radical (unpaired) electrons. The van der Waals surface area contributed by atoms with Gasteiger partial charge in [-0.2, -0.15) is 0 Å². The first-order valence-electron chi connectivity index (χ1n) is 6.29. The number of aryl methyl sites for hydroxylation is 1. The molecule has 0 saturated heterocycles. The van der Waals surface area contributed by atoms with E-state index in [1.54, 1.807) is 0 Å². The third kappa shape index (κ3) is 2.47. The number of benzene rings is 2. The molecular formula is C16H13BrN2O. The lowest BCUT2D eigenvalue weighted by Crippen LogP contribution is -2.13. The maximum absolute atomic E-state index is 12.3. The van der Waals surface area contributed by atoms with Crippen LogP contribution in [0.5, 0.6) is 0 Å². The summed E-state index contributed by atoms with van der Waals surface area (Å²) in [4.78, 5) is 15.4. The summed E-state index contributed by atoms with van der Waals surface area (Å²) in [5.74, 6) is -0.133. The average molecular weight is 329 g/mol. The molecular weight excluding hydrogens is 316 g/mol. The van der Waals surface area contributed by atoms with Crippen LogP contribution in [0.3, 0.4) is 0 Å². The number of anilines is 1. The van der Waals surface area contributed by atoms with E-state index in [1.807, 2.05) is 55.5 Å². The Morgan fingerprint density at radius 1 is 1.15 bits per heavy atom. The lowest BCUT2D eigenvalue weighted by atomic mass is 10.2. The van der Waals surface area contributed by atoms with Crippen molar-refractivity contribution in [3.63, 3.8) is 0 Å². The summed E-state index contributed by atoms with van der Waals surface area (Å²) < 4.78 is 0.999. The van der Waals surface area contributed by atoms with E-state index < -0.39 is 0 Å². The zero-order chi connectivity index (χ0) is 14.1. The summed E-state index contributed by atoms with van der Waals surface area (Å²) in [6.45, 7) is 1.96. The quantitative estimate of drug-likeness (QED) is 0.715. The Morgan fingerprint density at radius 2 is 1.95 bits per heavy atom. The highest BCUT2D eigenvalue weighted by Crippen LogP contribution is 2.21. The van der Waals surface area contributed by atoms with Crippen molar-refractivity contribution in [2.45, 2.75) is 6.92 Å². The van der Waals surface area contributed by atoms with Crippen molar-refractivity contribution < 1.29 is 4.79 Å². The van der Waals surface area contributed by atoms with Crippen LogP contribution in [0.15, 0.2) is 53.0 Å². The van der Waals surface area contributed by atoms with Crippen LogP contribution in [-0.4, -0.2) is 10.9 Å². The van der Waals surface area contributed by atoms with Crippen molar-refractivity contribution in [2.75, 3.05) is 5.32 Å². The van der Waals surface area contributed by atoms with Gasteiger partial charge >= 0.3 is 0 Å². The number of rotatable bonds is 2. The molecule has 2 aromatic carbocycles. The van der Waals surface area contributed by atoms with Gasteiger partial charge in [-0.15, -0.1) is 0 Å². The van der Waals surface area contributed by atoms with Crippen molar-refractivity contribution in [1.82, 2.24) is 4.98 Å². The first kappa shape index (κ1) is 12.9. The number of carbonyl (C=O) groups excluding carboxylic acids is 1. The molecule has 3 nitrogen and oxygen atoms in total. The molecule has 100 valence electrons. The molecule has 0 unspecified atom stereocenters. The molecule has 2 N–H and O–H groups in total. The van der Waals surface area contributed by atoms with Gasteiger partial charge in [-0.05, 0) is 42.8 Å². The Morgan fingerprint density at radius 3 is 2.70 bits per heavy atom. The van der Waals surface area contributed by atoms with Gasteiger partial charge in [0.15, 0.2) is 0 Å². The smallest absolute Gasteiger partial charge is 0.272 e. The number of hydrogen-bond donors (Lipinski definition) is 2. The second kappa shape index (κ2) is 5.13. The molecule has 1 heterocycles. The first-order valence-corrected chi connectivity index (χ1v) is 7.08. The van der Waals surface area contributed by atoms with E-state index in [0.717, 1.165) is 26.6 Å². The minimum atomic E-state index is -0.133. The minimum Gasteiger partial charge on any atom is -0.351 e. The average Bonchev–Trinajstić information content (AvgIpc) is 2.86. The van der Waals surface area contributed by atoms with Gasteiger partial charge in [0.1, 0.15) is 5.69 Å². The van der Waals surface area contributed by atoms with E-state index >= 15 is 0 Å². The fourth-order valence-corrected chi connectivity index (χ4v) is 2.63. The van der Waals surface area contributed by atoms with Gasteiger partial charge in [0.2, 0.25) is 0 Å². The predicted molar refractivity (Wildman–Crippen MR) is 85.1 cm³/mol. The third-order valence-electron chi connectivity index (χ3n) is 3.21. The highest BCUT2D eigenvalue weighted by molar-refractivity contribution is 9.10. The first-order chi connectivity index (χ1) is 9.63. The second-order valence-electron chi connectivity index (χ2n) is 4.68. The number of para-hydroxylation sites is 1. The van der Waals surface area contributed by atoms with Crippen LogP contribution in [-0.2, 0) is 0 Å². The second-order valence-corrected chi connectivity index (χ2v) is 5.60. The number of aromatic amines is 1. The topological polar surface area (TPSA) is 44.9 Å². The molecule has 0 aliphatic carbocycles. The van der Waals surface area contributed by atoms with Crippen LogP contribution in [0, 0.1) is 6.92 Å². The van der Waals surface area contributed by atoms with Crippen molar-refractivity contribution >= 4 is 38.4 Å². The predicted octanol–water partition coefficient (Wildman–Crippen LogP) is 4.49. The van der Waals surface area contributed by atoms with Crippen molar-refractivity contribution in [1.29, 1.82) is 0 Å². The van der Waals surface area contributed by atoms with Gasteiger partial charge in [-0.3, -0.25) is 4.79 Å². The molecule has 20 heavy (non-hydrogen) atoms. The lowest BCUT2D eigenvalue weighted by molar-refractivity contribution is 0.102. The maximum Gasteiger partial charge on any atom is 0.272 e. The van der Waals surface area contributed by atoms with Gasteiger partial charge < -0.3 is 10.3 Å². The van der Waals surface area contributed by atoms with E-state index in [9.17, 15) is 4.79 Å². The maximum atomic E-state index is 12.3. The number of H-pyrrole nitrogens is 1. The van der Waals surface area contributed by atoms with E-state index in [0.29, 0.717) is 5.69 Å². The van der Waals surface area contributed by atoms with Crippen LogP contribution in [0.2, 0.25) is 0 Å². The van der Waals surface area contributed by atoms with Gasteiger partial charge in [0.25, 0.3) is 5.91 Å². The number of aromatic nitrogens is 1. The highest BCUT2D eigenvalue weighted by Gasteiger charge is 2.10. The molecule has 0 aliphatic heterocycles. The monoisotopic (exact) mass is 328 g/mol. The Kier molecular flexibility index (Phi) is 3.32. The molecule has 0 saturated carbocycles. The zero-order valence-corrected chi connectivity index (χ0v) is 12.5. The Bertz CT molecular complexity index is 759. The van der Waals surface area contributed by atoms with Crippen molar-refractivity contribution in [3.8, 4) is 0 Å². The molecule has 0 fully saturated rings. The number of fused-ring (bicyclic) bond motifs is 1. The summed E-state index contributed by atoms with van der Waals surface area (Å²) in [6, 6.07) is 15.5. The normalized spacial score (nSPS) is 10.7. The van der Waals surface area contributed by atoms with Crippen LogP contribution >= 0.6 is 15.9 Å². The minimum absolute atomic E-state index is 0.133. The van der Waals surface area contributed by atoms with E-state index in [-0.39, 0.29) is 5.91 Å². The van der Waals surface area contributed by atoms with E-state index in [2.05, 4.69) is 26.2 Å². The lowest BCUT2D eigenvalue weighted by Gasteiger charge is -2.07. The summed E-state index contributed by atoms with van der Waals surface area (Å²) in [5, 5.41) is 3.96. The van der Waals surface area contributed by atoms with E-state index in [4.69, 9.17) is 0 Å². The molecule has 0 atom stereocenters. The summed E-state index contributed by atoms with van der Waals surface area (Å²) >= 11 is 3.41. The Hall–Kier alpha value is -2.07. The van der Waals surface area contributed by atoms with Gasteiger partial charge in [-0.1, -0.05) is 34.1 Å². The van der Waals surface area contributed by atoms with Crippen LogP contribution < -0.4 is 5.32 Å². The van der Waals surface area contributed by atoms with Crippen molar-refractivity contribution in [2.24, 2.45) is 0 Å². The fourth-order valence-electron chi connectivity index (χ4n) is 2.15. The standard InChI is InChI=1S/C16H13BrN2O/c1-10-8-12(17)6-7-13(10)19-16(20)15-9-11-4-2-3-5-14(11)18-15/h2-9,18H,1H3,(H,19,20). The SMILES string of the molecule is Cc1cc(Br)ccc1NC(=O)c1cc2ccccc2[nH]1. The van der Waals surface area contributed by atoms with Crippen LogP contribution in [0.1, 0.15) is 16.1 Å². The molecule has 1 amide bonds. The van der Waals surface area contributed by atoms with E-state index in [1.165, 1.54) is 0 Å². The van der Waals surface area contributed by atoms with Crippen molar-refractivity contribution in [3.05, 3.63) is 64.3 Å².